The number of carboxylic acid groups (broad SMARTS) is 1. The first-order chi connectivity index (χ1) is 20.7. The zero-order valence-corrected chi connectivity index (χ0v) is 24.9. The summed E-state index contributed by atoms with van der Waals surface area (Å²) < 4.78 is 2.23. The van der Waals surface area contributed by atoms with Gasteiger partial charge in [0.25, 0.3) is 0 Å². The van der Waals surface area contributed by atoms with Crippen molar-refractivity contribution in [1.29, 1.82) is 0 Å². The Morgan fingerprint density at radius 3 is 2.05 bits per heavy atom. The topological polar surface area (TPSA) is 101 Å². The molecule has 0 saturated heterocycles. The van der Waals surface area contributed by atoms with Crippen molar-refractivity contribution in [1.82, 2.24) is 4.98 Å². The van der Waals surface area contributed by atoms with E-state index in [4.69, 9.17) is 33.3 Å². The van der Waals surface area contributed by atoms with Gasteiger partial charge in [-0.25, -0.2) is 9.78 Å². The molecule has 3 N–H and O–H groups in total. The molecule has 0 unspecified atom stereocenters. The maximum Gasteiger partial charge on any atom is 0.335 e. The van der Waals surface area contributed by atoms with Gasteiger partial charge in [-0.15, -0.1) is 4.57 Å². The monoisotopic (exact) mass is 610 g/mol. The van der Waals surface area contributed by atoms with E-state index in [0.29, 0.717) is 10.0 Å². The highest BCUT2D eigenvalue weighted by molar-refractivity contribution is 6.30. The Bertz CT molecular complexity index is 1910. The molecular formula is C34H28Cl2N4O3. The SMILES string of the molecule is CC(C)Nc1cc2c(cc1Nc1ccc(Cl)cc1)nc1ccccc1[n+]2-c1ccc(Cl)cc1.O=C(O)c1ccccc1[O-]. The fourth-order valence-electron chi connectivity index (χ4n) is 4.59. The van der Waals surface area contributed by atoms with Gasteiger partial charge in [-0.1, -0.05) is 59.3 Å². The molecule has 0 aliphatic carbocycles. The van der Waals surface area contributed by atoms with Gasteiger partial charge in [0.2, 0.25) is 16.7 Å². The Kier molecular flexibility index (Phi) is 8.95. The lowest BCUT2D eigenvalue weighted by Crippen LogP contribution is -2.33. The molecule has 0 atom stereocenters. The van der Waals surface area contributed by atoms with Crippen molar-refractivity contribution in [3.8, 4) is 11.4 Å². The Labute approximate surface area is 259 Å². The van der Waals surface area contributed by atoms with Crippen molar-refractivity contribution >= 4 is 68.3 Å². The van der Waals surface area contributed by atoms with Crippen molar-refractivity contribution in [3.63, 3.8) is 0 Å². The van der Waals surface area contributed by atoms with E-state index < -0.39 is 11.7 Å². The quantitative estimate of drug-likeness (QED) is 0.130. The molecule has 0 spiro atoms. The van der Waals surface area contributed by atoms with E-state index in [1.807, 2.05) is 66.7 Å². The Hall–Kier alpha value is -4.85. The summed E-state index contributed by atoms with van der Waals surface area (Å²) in [6.45, 7) is 4.25. The maximum absolute atomic E-state index is 10.7. The number of carbonyl (C=O) groups is 1. The van der Waals surface area contributed by atoms with Crippen LogP contribution in [0.1, 0.15) is 24.2 Å². The number of para-hydroxylation sites is 3. The fourth-order valence-corrected chi connectivity index (χ4v) is 4.84. The molecule has 0 radical (unpaired) electrons. The van der Waals surface area contributed by atoms with E-state index >= 15 is 0 Å². The van der Waals surface area contributed by atoms with Crippen LogP contribution in [0.5, 0.6) is 5.75 Å². The minimum Gasteiger partial charge on any atom is -0.872 e. The van der Waals surface area contributed by atoms with Crippen LogP contribution in [0.3, 0.4) is 0 Å². The third kappa shape index (κ3) is 6.97. The molecule has 5 aromatic carbocycles. The molecule has 0 aliphatic rings. The van der Waals surface area contributed by atoms with Crippen molar-refractivity contribution in [3.05, 3.63) is 125 Å². The zero-order valence-electron chi connectivity index (χ0n) is 23.4. The van der Waals surface area contributed by atoms with E-state index in [-0.39, 0.29) is 11.6 Å². The van der Waals surface area contributed by atoms with Gasteiger partial charge in [0.15, 0.2) is 0 Å². The van der Waals surface area contributed by atoms with E-state index in [9.17, 15) is 9.90 Å². The van der Waals surface area contributed by atoms with Gasteiger partial charge in [0, 0.05) is 46.0 Å². The number of carboxylic acids is 1. The predicted octanol–water partition coefficient (Wildman–Crippen LogP) is 7.99. The van der Waals surface area contributed by atoms with Crippen LogP contribution in [0, 0.1) is 0 Å². The van der Waals surface area contributed by atoms with Crippen molar-refractivity contribution < 1.29 is 19.6 Å². The first-order valence-electron chi connectivity index (χ1n) is 13.5. The predicted molar refractivity (Wildman–Crippen MR) is 172 cm³/mol. The number of hydrogen-bond donors (Lipinski definition) is 3. The van der Waals surface area contributed by atoms with Crippen LogP contribution < -0.4 is 20.3 Å². The molecule has 0 amide bonds. The van der Waals surface area contributed by atoms with Gasteiger partial charge in [-0.2, -0.15) is 0 Å². The number of halogens is 2. The van der Waals surface area contributed by atoms with Crippen LogP contribution >= 0.6 is 23.2 Å². The number of rotatable bonds is 6. The van der Waals surface area contributed by atoms with Gasteiger partial charge in [-0.3, -0.25) is 0 Å². The Balaban J connectivity index is 0.000000314. The average molecular weight is 612 g/mol. The number of aromatic carboxylic acids is 1. The second kappa shape index (κ2) is 13.0. The molecule has 9 heteroatoms. The average Bonchev–Trinajstić information content (AvgIpc) is 2.98. The summed E-state index contributed by atoms with van der Waals surface area (Å²) in [5.41, 5.74) is 7.57. The summed E-state index contributed by atoms with van der Waals surface area (Å²) in [5.74, 6) is -1.62. The molecule has 216 valence electrons. The third-order valence-electron chi connectivity index (χ3n) is 6.49. The molecule has 43 heavy (non-hydrogen) atoms. The number of aromatic nitrogens is 2. The summed E-state index contributed by atoms with van der Waals surface area (Å²) in [6.07, 6.45) is 0. The lowest BCUT2D eigenvalue weighted by molar-refractivity contribution is -0.538. The molecule has 1 heterocycles. The second-order valence-corrected chi connectivity index (χ2v) is 10.9. The number of anilines is 3. The fraction of sp³-hybridized carbons (Fsp3) is 0.0882. The minimum atomic E-state index is -1.18. The number of fused-ring (bicyclic) bond motifs is 2. The van der Waals surface area contributed by atoms with E-state index in [0.717, 1.165) is 44.8 Å². The zero-order chi connectivity index (χ0) is 30.5. The minimum absolute atomic E-state index is 0.178. The van der Waals surface area contributed by atoms with Gasteiger partial charge in [0.05, 0.1) is 16.9 Å². The van der Waals surface area contributed by atoms with Crippen molar-refractivity contribution in [2.45, 2.75) is 19.9 Å². The molecule has 0 saturated carbocycles. The molecular weight excluding hydrogens is 583 g/mol. The first kappa shape index (κ1) is 29.6. The maximum atomic E-state index is 10.7. The van der Waals surface area contributed by atoms with Crippen molar-refractivity contribution in [2.24, 2.45) is 0 Å². The largest absolute Gasteiger partial charge is 0.872 e. The van der Waals surface area contributed by atoms with Crippen LogP contribution in [0.15, 0.2) is 109 Å². The molecule has 1 aromatic heterocycles. The lowest BCUT2D eigenvalue weighted by Gasteiger charge is -2.17. The standard InChI is InChI=1S/C27H22Cl2N4.C7H6O3/c1-17(2)30-24-16-27-25(15-23(24)31-20-11-7-18(28)8-12-20)32-22-5-3-4-6-26(22)33(27)21-13-9-19(29)10-14-21;8-6-4-2-1-3-5(6)7(9)10/h3-17H,1-2H3,(H,31,32);1-4,8H,(H,9,10). The molecule has 6 rings (SSSR count). The summed E-state index contributed by atoms with van der Waals surface area (Å²) >= 11 is 12.3. The van der Waals surface area contributed by atoms with Crippen LogP contribution in [0.25, 0.3) is 27.8 Å². The van der Waals surface area contributed by atoms with Gasteiger partial charge in [0.1, 0.15) is 11.0 Å². The second-order valence-electron chi connectivity index (χ2n) is 10.0. The van der Waals surface area contributed by atoms with Crippen molar-refractivity contribution in [2.75, 3.05) is 10.6 Å². The molecule has 0 bridgehead atoms. The molecule has 7 nitrogen and oxygen atoms in total. The highest BCUT2D eigenvalue weighted by Crippen LogP contribution is 2.32. The summed E-state index contributed by atoms with van der Waals surface area (Å²) in [7, 11) is 0. The van der Waals surface area contributed by atoms with Gasteiger partial charge < -0.3 is 20.8 Å². The van der Waals surface area contributed by atoms with E-state index in [1.54, 1.807) is 0 Å². The van der Waals surface area contributed by atoms with Gasteiger partial charge >= 0.3 is 5.97 Å². The molecule has 0 fully saturated rings. The lowest BCUT2D eigenvalue weighted by atomic mass is 10.1. The Morgan fingerprint density at radius 2 is 1.42 bits per heavy atom. The van der Waals surface area contributed by atoms with Crippen LogP contribution in [0.4, 0.5) is 17.1 Å². The van der Waals surface area contributed by atoms with E-state index in [2.05, 4.69) is 47.2 Å². The number of benzene rings is 5. The first-order valence-corrected chi connectivity index (χ1v) is 14.3. The summed E-state index contributed by atoms with van der Waals surface area (Å²) in [5, 5.41) is 27.6. The molecule has 6 aromatic rings. The highest BCUT2D eigenvalue weighted by Gasteiger charge is 2.21. The van der Waals surface area contributed by atoms with Gasteiger partial charge in [-0.05, 0) is 68.4 Å². The smallest absolute Gasteiger partial charge is 0.335 e. The Morgan fingerprint density at radius 1 is 0.791 bits per heavy atom. The number of nitrogens with one attached hydrogen (secondary N) is 2. The third-order valence-corrected chi connectivity index (χ3v) is 6.99. The highest BCUT2D eigenvalue weighted by atomic mass is 35.5. The van der Waals surface area contributed by atoms with Crippen LogP contribution in [0.2, 0.25) is 10.0 Å². The van der Waals surface area contributed by atoms with E-state index in [1.165, 1.54) is 24.3 Å². The summed E-state index contributed by atoms with van der Waals surface area (Å²) in [4.78, 5) is 15.2. The molecule has 0 aliphatic heterocycles. The normalized spacial score (nSPS) is 10.8. The van der Waals surface area contributed by atoms with Crippen LogP contribution in [-0.4, -0.2) is 22.1 Å². The van der Waals surface area contributed by atoms with Crippen LogP contribution in [-0.2, 0) is 0 Å². The number of hydrogen-bond acceptors (Lipinski definition) is 5. The number of nitrogens with zero attached hydrogens (tertiary/aromatic N) is 2. The summed E-state index contributed by atoms with van der Waals surface area (Å²) in [6, 6.07) is 33.8.